The van der Waals surface area contributed by atoms with Gasteiger partial charge < -0.3 is 10.1 Å². The molecule has 0 aliphatic carbocycles. The molecule has 3 aromatic rings. The lowest BCUT2D eigenvalue weighted by Gasteiger charge is -2.11. The molecule has 1 N–H and O–H groups in total. The van der Waals surface area contributed by atoms with E-state index in [1.54, 1.807) is 24.3 Å². The van der Waals surface area contributed by atoms with Crippen molar-refractivity contribution < 1.29 is 22.7 Å². The van der Waals surface area contributed by atoms with Crippen LogP contribution in [0.2, 0.25) is 5.02 Å². The van der Waals surface area contributed by atoms with Crippen molar-refractivity contribution in [3.05, 3.63) is 46.7 Å². The van der Waals surface area contributed by atoms with Gasteiger partial charge in [-0.3, -0.25) is 4.79 Å². The maximum atomic E-state index is 14.0. The number of fused-ring (bicyclic) bond motifs is 1. The second kappa shape index (κ2) is 18.1. The minimum absolute atomic E-state index is 0.0423. The second-order valence-corrected chi connectivity index (χ2v) is 11.6. The number of aromatic nitrogens is 3. The molecular formula is C33H46ClF3N4O2. The summed E-state index contributed by atoms with van der Waals surface area (Å²) in [4.78, 5) is 17.1. The van der Waals surface area contributed by atoms with E-state index in [2.05, 4.69) is 22.3 Å². The van der Waals surface area contributed by atoms with Crippen LogP contribution in [0, 0.1) is 0 Å². The van der Waals surface area contributed by atoms with Gasteiger partial charge in [0.1, 0.15) is 10.8 Å². The van der Waals surface area contributed by atoms with Crippen LogP contribution in [0.4, 0.5) is 13.2 Å². The number of halogens is 4. The molecular weight excluding hydrogens is 577 g/mol. The van der Waals surface area contributed by atoms with Crippen LogP contribution < -0.4 is 10.1 Å². The van der Waals surface area contributed by atoms with Gasteiger partial charge in [0.15, 0.2) is 17.0 Å². The lowest BCUT2D eigenvalue weighted by atomic mass is 10.0. The first-order valence-corrected chi connectivity index (χ1v) is 16.2. The molecule has 0 aliphatic heterocycles. The Bertz CT molecular complexity index is 1280. The topological polar surface area (TPSA) is 68.5 Å². The lowest BCUT2D eigenvalue weighted by molar-refractivity contribution is -0.142. The van der Waals surface area contributed by atoms with E-state index in [4.69, 9.17) is 16.3 Å². The molecule has 0 unspecified atom stereocenters. The van der Waals surface area contributed by atoms with E-state index in [0.29, 0.717) is 22.4 Å². The highest BCUT2D eigenvalue weighted by Gasteiger charge is 2.36. The molecule has 0 radical (unpaired) electrons. The van der Waals surface area contributed by atoms with Gasteiger partial charge in [-0.2, -0.15) is 18.3 Å². The molecule has 3 rings (SSSR count). The number of benzene rings is 1. The van der Waals surface area contributed by atoms with E-state index in [0.717, 1.165) is 25.3 Å². The van der Waals surface area contributed by atoms with Crippen molar-refractivity contribution in [1.82, 2.24) is 19.9 Å². The first kappa shape index (κ1) is 34.7. The predicted octanol–water partition coefficient (Wildman–Crippen LogP) is 10.1. The summed E-state index contributed by atoms with van der Waals surface area (Å²) in [5.74, 6) is -0.144. The molecule has 0 saturated heterocycles. The molecule has 0 aliphatic rings. The van der Waals surface area contributed by atoms with E-state index in [1.807, 2.05) is 0 Å². The van der Waals surface area contributed by atoms with E-state index < -0.39 is 17.8 Å². The van der Waals surface area contributed by atoms with E-state index in [1.165, 1.54) is 90.6 Å². The van der Waals surface area contributed by atoms with Crippen LogP contribution in [0.1, 0.15) is 126 Å². The highest BCUT2D eigenvalue weighted by Crippen LogP contribution is 2.35. The zero-order valence-corrected chi connectivity index (χ0v) is 26.3. The van der Waals surface area contributed by atoms with Gasteiger partial charge in [-0.25, -0.2) is 9.50 Å². The fourth-order valence-corrected chi connectivity index (χ4v) is 5.47. The number of hydrogen-bond acceptors (Lipinski definition) is 4. The number of nitrogens with one attached hydrogen (secondary N) is 1. The van der Waals surface area contributed by atoms with Gasteiger partial charge in [0.05, 0.1) is 12.8 Å². The fraction of sp³-hybridized carbons (Fsp3) is 0.606. The highest BCUT2D eigenvalue weighted by atomic mass is 35.5. The van der Waals surface area contributed by atoms with E-state index in [-0.39, 0.29) is 22.1 Å². The number of methoxy groups -OCH3 is 1. The number of carbonyl (C=O) groups excluding carboxylic acids is 1. The fourth-order valence-electron chi connectivity index (χ4n) is 5.23. The second-order valence-electron chi connectivity index (χ2n) is 11.2. The Hall–Kier alpha value is -2.81. The average molecular weight is 623 g/mol. The molecule has 0 spiro atoms. The highest BCUT2D eigenvalue weighted by molar-refractivity contribution is 6.36. The molecule has 0 bridgehead atoms. The van der Waals surface area contributed by atoms with E-state index >= 15 is 0 Å². The SMILES string of the molecule is CCCCCCCCCCCCCCCCCCNC(=O)c1nn2c(C(F)(F)F)cc(-c3cccc(OC)c3)nc2c1Cl. The summed E-state index contributed by atoms with van der Waals surface area (Å²) in [6, 6.07) is 7.43. The molecule has 6 nitrogen and oxygen atoms in total. The number of ether oxygens (including phenoxy) is 1. The summed E-state index contributed by atoms with van der Waals surface area (Å²) in [6.45, 7) is 2.65. The van der Waals surface area contributed by atoms with Crippen LogP contribution in [0.3, 0.4) is 0 Å². The molecule has 0 saturated carbocycles. The molecule has 238 valence electrons. The Labute approximate surface area is 258 Å². The third kappa shape index (κ3) is 11.0. The lowest BCUT2D eigenvalue weighted by Crippen LogP contribution is -2.25. The van der Waals surface area contributed by atoms with Gasteiger partial charge >= 0.3 is 6.18 Å². The third-order valence-electron chi connectivity index (χ3n) is 7.72. The number of unbranched alkanes of at least 4 members (excludes halogenated alkanes) is 15. The van der Waals surface area contributed by atoms with Crippen molar-refractivity contribution in [2.45, 2.75) is 116 Å². The van der Waals surface area contributed by atoms with Crippen molar-refractivity contribution in [2.75, 3.05) is 13.7 Å². The van der Waals surface area contributed by atoms with Crippen LogP contribution in [-0.2, 0) is 6.18 Å². The summed E-state index contributed by atoms with van der Waals surface area (Å²) in [5.41, 5.74) is -1.13. The number of rotatable bonds is 20. The molecule has 10 heteroatoms. The van der Waals surface area contributed by atoms with Gasteiger partial charge in [0.25, 0.3) is 5.91 Å². The Balaban J connectivity index is 1.41. The molecule has 0 atom stereocenters. The Morgan fingerprint density at radius 1 is 0.884 bits per heavy atom. The zero-order chi connectivity index (χ0) is 31.1. The molecule has 43 heavy (non-hydrogen) atoms. The quantitative estimate of drug-likeness (QED) is 0.127. The number of hydrogen-bond donors (Lipinski definition) is 1. The minimum Gasteiger partial charge on any atom is -0.497 e. The number of alkyl halides is 3. The summed E-state index contributed by atoms with van der Waals surface area (Å²) in [5, 5.41) is 6.43. The zero-order valence-electron chi connectivity index (χ0n) is 25.6. The van der Waals surface area contributed by atoms with Crippen LogP contribution in [0.25, 0.3) is 16.9 Å². The van der Waals surface area contributed by atoms with Crippen molar-refractivity contribution in [2.24, 2.45) is 0 Å². The first-order valence-electron chi connectivity index (χ1n) is 15.8. The Kier molecular flexibility index (Phi) is 14.6. The van der Waals surface area contributed by atoms with Crippen molar-refractivity contribution in [3.63, 3.8) is 0 Å². The summed E-state index contributed by atoms with van der Waals surface area (Å²) >= 11 is 6.37. The standard InChI is InChI=1S/C33H46ClF3N4O2/c1-3-4-5-6-7-8-9-10-11-12-13-14-15-16-17-18-22-38-32(42)30-29(34)31-39-27(25-20-19-21-26(23-25)43-2)24-28(33(35,36)37)41(31)40-30/h19-21,23-24H,3-18,22H2,1-2H3,(H,38,42). The Morgan fingerprint density at radius 3 is 1.98 bits per heavy atom. The van der Waals surface area contributed by atoms with Crippen molar-refractivity contribution >= 4 is 23.2 Å². The largest absolute Gasteiger partial charge is 0.497 e. The predicted molar refractivity (Wildman–Crippen MR) is 167 cm³/mol. The molecule has 1 aromatic carbocycles. The van der Waals surface area contributed by atoms with Gasteiger partial charge in [-0.15, -0.1) is 0 Å². The summed E-state index contributed by atoms with van der Waals surface area (Å²) in [7, 11) is 1.47. The number of amides is 1. The van der Waals surface area contributed by atoms with Crippen molar-refractivity contribution in [1.29, 1.82) is 0 Å². The van der Waals surface area contributed by atoms with Gasteiger partial charge in [-0.1, -0.05) is 127 Å². The third-order valence-corrected chi connectivity index (χ3v) is 8.07. The molecule has 2 aromatic heterocycles. The first-order chi connectivity index (χ1) is 20.8. The average Bonchev–Trinajstić information content (AvgIpc) is 3.33. The molecule has 1 amide bonds. The van der Waals surface area contributed by atoms with Crippen LogP contribution >= 0.6 is 11.6 Å². The minimum atomic E-state index is -4.74. The number of nitrogens with zero attached hydrogens (tertiary/aromatic N) is 3. The maximum Gasteiger partial charge on any atom is 0.433 e. The van der Waals surface area contributed by atoms with Gasteiger partial charge in [-0.05, 0) is 24.6 Å². The van der Waals surface area contributed by atoms with Crippen LogP contribution in [-0.4, -0.2) is 34.2 Å². The summed E-state index contributed by atoms with van der Waals surface area (Å²) in [6.07, 6.45) is 15.3. The maximum absolute atomic E-state index is 14.0. The molecule has 0 fully saturated rings. The monoisotopic (exact) mass is 622 g/mol. The smallest absolute Gasteiger partial charge is 0.433 e. The van der Waals surface area contributed by atoms with Crippen LogP contribution in [0.5, 0.6) is 5.75 Å². The van der Waals surface area contributed by atoms with Crippen LogP contribution in [0.15, 0.2) is 30.3 Å². The molecule has 2 heterocycles. The van der Waals surface area contributed by atoms with Gasteiger partial charge in [0.2, 0.25) is 0 Å². The van der Waals surface area contributed by atoms with Crippen molar-refractivity contribution in [3.8, 4) is 17.0 Å². The van der Waals surface area contributed by atoms with E-state index in [9.17, 15) is 18.0 Å². The summed E-state index contributed by atoms with van der Waals surface area (Å²) < 4.78 is 47.7. The Morgan fingerprint density at radius 2 is 1.44 bits per heavy atom. The number of carbonyl (C=O) groups is 1. The van der Waals surface area contributed by atoms with Gasteiger partial charge in [0, 0.05) is 12.1 Å². The normalized spacial score (nSPS) is 11.8.